The van der Waals surface area contributed by atoms with Gasteiger partial charge in [0.2, 0.25) is 0 Å². The summed E-state index contributed by atoms with van der Waals surface area (Å²) >= 11 is 0. The average Bonchev–Trinajstić information content (AvgIpc) is 2.88. The number of nitrogens with one attached hydrogen (secondary N) is 1. The number of hydrogen-bond acceptors (Lipinski definition) is 2. The van der Waals surface area contributed by atoms with Crippen LogP contribution in [0.15, 0.2) is 48.5 Å². The van der Waals surface area contributed by atoms with Gasteiger partial charge in [-0.25, -0.2) is 0 Å². The van der Waals surface area contributed by atoms with Crippen LogP contribution in [-0.2, 0) is 4.74 Å². The number of benzene rings is 2. The molecule has 0 fully saturated rings. The molecule has 3 aromatic rings. The van der Waals surface area contributed by atoms with E-state index in [1.807, 2.05) is 25.1 Å². The van der Waals surface area contributed by atoms with E-state index in [2.05, 4.69) is 42.2 Å². The van der Waals surface area contributed by atoms with Gasteiger partial charge in [-0.2, -0.15) is 0 Å². The summed E-state index contributed by atoms with van der Waals surface area (Å²) in [5.41, 5.74) is 4.64. The molecule has 3 nitrogen and oxygen atoms in total. The number of hydrogen-bond donors (Lipinski definition) is 1. The van der Waals surface area contributed by atoms with Gasteiger partial charge in [0.05, 0.1) is 7.11 Å². The minimum atomic E-state index is -0.0768. The quantitative estimate of drug-likeness (QED) is 0.745. The first-order chi connectivity index (χ1) is 10.7. The molecule has 114 valence electrons. The van der Waals surface area contributed by atoms with Gasteiger partial charge in [-0.05, 0) is 37.6 Å². The maximum Gasteiger partial charge on any atom is 0.118 e. The zero-order chi connectivity index (χ0) is 15.5. The molecule has 22 heavy (non-hydrogen) atoms. The van der Waals surface area contributed by atoms with Crippen molar-refractivity contribution in [2.75, 3.05) is 13.7 Å². The Morgan fingerprint density at radius 2 is 1.77 bits per heavy atom. The minimum Gasteiger partial charge on any atom is -0.497 e. The number of fused-ring (bicyclic) bond motifs is 1. The molecular weight excluding hydrogens is 274 g/mol. The Hall–Kier alpha value is -2.26. The van der Waals surface area contributed by atoms with Crippen LogP contribution in [0.3, 0.4) is 0 Å². The van der Waals surface area contributed by atoms with Gasteiger partial charge < -0.3 is 14.5 Å². The van der Waals surface area contributed by atoms with Gasteiger partial charge in [0.1, 0.15) is 11.9 Å². The maximum absolute atomic E-state index is 6.07. The van der Waals surface area contributed by atoms with Crippen LogP contribution < -0.4 is 4.74 Å². The van der Waals surface area contributed by atoms with Crippen LogP contribution in [0.1, 0.15) is 29.8 Å². The third-order valence-corrected chi connectivity index (χ3v) is 3.96. The van der Waals surface area contributed by atoms with Gasteiger partial charge in [0.15, 0.2) is 0 Å². The highest BCUT2D eigenvalue weighted by molar-refractivity contribution is 5.85. The molecular formula is C19H21NO2. The zero-order valence-corrected chi connectivity index (χ0v) is 13.2. The Labute approximate surface area is 130 Å². The van der Waals surface area contributed by atoms with Crippen molar-refractivity contribution >= 4 is 10.9 Å². The summed E-state index contributed by atoms with van der Waals surface area (Å²) in [4.78, 5) is 3.45. The Kier molecular flexibility index (Phi) is 4.16. The van der Waals surface area contributed by atoms with Gasteiger partial charge in [-0.1, -0.05) is 30.3 Å². The topological polar surface area (TPSA) is 34.2 Å². The van der Waals surface area contributed by atoms with Crippen LogP contribution in [0.4, 0.5) is 0 Å². The van der Waals surface area contributed by atoms with Crippen LogP contribution in [0, 0.1) is 6.92 Å². The van der Waals surface area contributed by atoms with Crippen LogP contribution in [0.25, 0.3) is 10.9 Å². The second-order valence-electron chi connectivity index (χ2n) is 5.32. The third kappa shape index (κ3) is 2.60. The number of aromatic amines is 1. The molecule has 0 spiro atoms. The summed E-state index contributed by atoms with van der Waals surface area (Å²) in [5.74, 6) is 0.856. The molecule has 2 aromatic carbocycles. The summed E-state index contributed by atoms with van der Waals surface area (Å²) in [6, 6.07) is 16.5. The van der Waals surface area contributed by atoms with Crippen molar-refractivity contribution in [1.29, 1.82) is 0 Å². The number of methoxy groups -OCH3 is 1. The van der Waals surface area contributed by atoms with Crippen LogP contribution in [-0.4, -0.2) is 18.7 Å². The number of rotatable bonds is 5. The van der Waals surface area contributed by atoms with E-state index in [9.17, 15) is 0 Å². The number of H-pyrrole nitrogens is 1. The van der Waals surface area contributed by atoms with Crippen molar-refractivity contribution in [3.05, 3.63) is 65.4 Å². The van der Waals surface area contributed by atoms with Crippen molar-refractivity contribution in [1.82, 2.24) is 4.98 Å². The smallest absolute Gasteiger partial charge is 0.118 e. The summed E-state index contributed by atoms with van der Waals surface area (Å²) < 4.78 is 11.3. The number of ether oxygens (including phenoxy) is 2. The van der Waals surface area contributed by atoms with Gasteiger partial charge in [0.25, 0.3) is 0 Å². The standard InChI is InChI=1S/C19H21NO2/c1-4-22-19(14-9-11-15(21-3)12-10-14)18-13(2)20-17-8-6-5-7-16(17)18/h5-12,19-20H,4H2,1-3H3. The van der Waals surface area contributed by atoms with Crippen LogP contribution in [0.5, 0.6) is 5.75 Å². The molecule has 3 heteroatoms. The average molecular weight is 295 g/mol. The van der Waals surface area contributed by atoms with E-state index in [1.54, 1.807) is 7.11 Å². The lowest BCUT2D eigenvalue weighted by Gasteiger charge is -2.19. The molecule has 1 aromatic heterocycles. The van der Waals surface area contributed by atoms with E-state index in [-0.39, 0.29) is 6.10 Å². The highest BCUT2D eigenvalue weighted by Crippen LogP contribution is 2.35. The second-order valence-corrected chi connectivity index (χ2v) is 5.32. The summed E-state index contributed by atoms with van der Waals surface area (Å²) in [5, 5.41) is 1.22. The Morgan fingerprint density at radius 1 is 1.05 bits per heavy atom. The Bertz CT molecular complexity index is 759. The van der Waals surface area contributed by atoms with E-state index in [4.69, 9.17) is 9.47 Å². The second kappa shape index (κ2) is 6.24. The number of aryl methyl sites for hydroxylation is 1. The van der Waals surface area contributed by atoms with Gasteiger partial charge in [0, 0.05) is 28.8 Å². The van der Waals surface area contributed by atoms with E-state index >= 15 is 0 Å². The van der Waals surface area contributed by atoms with Crippen LogP contribution >= 0.6 is 0 Å². The SMILES string of the molecule is CCOC(c1ccc(OC)cc1)c1c(C)[nH]c2ccccc12. The lowest BCUT2D eigenvalue weighted by Crippen LogP contribution is -2.07. The molecule has 1 unspecified atom stereocenters. The molecule has 0 aliphatic rings. The number of para-hydroxylation sites is 1. The highest BCUT2D eigenvalue weighted by Gasteiger charge is 2.21. The first kappa shape index (κ1) is 14.7. The summed E-state index contributed by atoms with van der Waals surface area (Å²) in [6.45, 7) is 4.79. The summed E-state index contributed by atoms with van der Waals surface area (Å²) in [7, 11) is 1.68. The molecule has 0 saturated carbocycles. The van der Waals surface area contributed by atoms with Gasteiger partial charge in [-0.15, -0.1) is 0 Å². The van der Waals surface area contributed by atoms with Crippen molar-refractivity contribution in [3.63, 3.8) is 0 Å². The molecule has 3 rings (SSSR count). The fourth-order valence-electron chi connectivity index (χ4n) is 2.93. The van der Waals surface area contributed by atoms with E-state index < -0.39 is 0 Å². The molecule has 1 N–H and O–H groups in total. The fourth-order valence-corrected chi connectivity index (χ4v) is 2.93. The van der Waals surface area contributed by atoms with Gasteiger partial charge >= 0.3 is 0 Å². The predicted molar refractivity (Wildman–Crippen MR) is 89.5 cm³/mol. The Morgan fingerprint density at radius 3 is 2.45 bits per heavy atom. The van der Waals surface area contributed by atoms with E-state index in [0.29, 0.717) is 6.61 Å². The molecule has 0 radical (unpaired) electrons. The lowest BCUT2D eigenvalue weighted by atomic mass is 9.98. The van der Waals surface area contributed by atoms with Crippen molar-refractivity contribution in [2.45, 2.75) is 20.0 Å². The predicted octanol–water partition coefficient (Wildman–Crippen LogP) is 4.61. The Balaban J connectivity index is 2.11. The number of aromatic nitrogens is 1. The van der Waals surface area contributed by atoms with Crippen molar-refractivity contribution in [3.8, 4) is 5.75 Å². The van der Waals surface area contributed by atoms with E-state index in [0.717, 1.165) is 22.5 Å². The van der Waals surface area contributed by atoms with E-state index in [1.165, 1.54) is 10.9 Å². The lowest BCUT2D eigenvalue weighted by molar-refractivity contribution is 0.0919. The first-order valence-electron chi connectivity index (χ1n) is 7.57. The maximum atomic E-state index is 6.07. The van der Waals surface area contributed by atoms with Gasteiger partial charge in [-0.3, -0.25) is 0 Å². The largest absolute Gasteiger partial charge is 0.497 e. The van der Waals surface area contributed by atoms with Crippen LogP contribution in [0.2, 0.25) is 0 Å². The monoisotopic (exact) mass is 295 g/mol. The fraction of sp³-hybridized carbons (Fsp3) is 0.263. The zero-order valence-electron chi connectivity index (χ0n) is 13.2. The molecule has 1 atom stereocenters. The molecule has 0 saturated heterocycles. The molecule has 0 aliphatic heterocycles. The van der Waals surface area contributed by atoms with Crippen molar-refractivity contribution < 1.29 is 9.47 Å². The molecule has 0 aliphatic carbocycles. The molecule has 0 amide bonds. The highest BCUT2D eigenvalue weighted by atomic mass is 16.5. The first-order valence-corrected chi connectivity index (χ1v) is 7.57. The van der Waals surface area contributed by atoms with Crippen molar-refractivity contribution in [2.24, 2.45) is 0 Å². The normalized spacial score (nSPS) is 12.5. The molecule has 0 bridgehead atoms. The minimum absolute atomic E-state index is 0.0768. The molecule has 1 heterocycles. The summed E-state index contributed by atoms with van der Waals surface area (Å²) in [6.07, 6.45) is -0.0768. The third-order valence-electron chi connectivity index (χ3n) is 3.96.